The summed E-state index contributed by atoms with van der Waals surface area (Å²) < 4.78 is 2.30. The third-order valence-corrected chi connectivity index (χ3v) is 6.61. The van der Waals surface area contributed by atoms with Crippen LogP contribution in [0.15, 0.2) is 14.3 Å². The van der Waals surface area contributed by atoms with E-state index in [4.69, 9.17) is 5.73 Å². The minimum absolute atomic E-state index is 0.352. The summed E-state index contributed by atoms with van der Waals surface area (Å²) in [6.45, 7) is 7.46. The molecular formula is C14H24Br2N2S. The molecule has 1 atom stereocenters. The summed E-state index contributed by atoms with van der Waals surface area (Å²) >= 11 is 8.94. The van der Waals surface area contributed by atoms with Gasteiger partial charge in [-0.1, -0.05) is 26.7 Å². The van der Waals surface area contributed by atoms with Crippen molar-refractivity contribution < 1.29 is 0 Å². The maximum atomic E-state index is 6.04. The van der Waals surface area contributed by atoms with Gasteiger partial charge in [0, 0.05) is 15.9 Å². The highest BCUT2D eigenvalue weighted by atomic mass is 79.9. The summed E-state index contributed by atoms with van der Waals surface area (Å²) in [6.07, 6.45) is 4.96. The van der Waals surface area contributed by atoms with Crippen LogP contribution >= 0.6 is 43.2 Å². The van der Waals surface area contributed by atoms with Gasteiger partial charge in [-0.2, -0.15) is 0 Å². The van der Waals surface area contributed by atoms with E-state index in [-0.39, 0.29) is 0 Å². The Balaban J connectivity index is 2.81. The standard InChI is InChI=1S/C14H24Br2N2S/c1-3-5-7-18(8-6-4-2)12(10-17)13-9-11(15)14(16)19-13/h9,12H,3-8,10,17H2,1-2H3. The van der Waals surface area contributed by atoms with Crippen molar-refractivity contribution in [2.75, 3.05) is 19.6 Å². The molecule has 2 N–H and O–H groups in total. The van der Waals surface area contributed by atoms with Crippen LogP contribution in [0.25, 0.3) is 0 Å². The molecule has 19 heavy (non-hydrogen) atoms. The molecule has 1 rings (SSSR count). The lowest BCUT2D eigenvalue weighted by Crippen LogP contribution is -2.34. The van der Waals surface area contributed by atoms with Crippen LogP contribution in [0.2, 0.25) is 0 Å². The van der Waals surface area contributed by atoms with Gasteiger partial charge in [0.25, 0.3) is 0 Å². The Morgan fingerprint density at radius 2 is 1.79 bits per heavy atom. The quantitative estimate of drug-likeness (QED) is 0.606. The zero-order valence-electron chi connectivity index (χ0n) is 11.8. The maximum Gasteiger partial charge on any atom is 0.0843 e. The van der Waals surface area contributed by atoms with Gasteiger partial charge in [0.2, 0.25) is 0 Å². The lowest BCUT2D eigenvalue weighted by atomic mass is 10.1. The molecule has 0 bridgehead atoms. The Morgan fingerprint density at radius 3 is 2.16 bits per heavy atom. The van der Waals surface area contributed by atoms with Gasteiger partial charge in [-0.05, 0) is 63.9 Å². The number of hydrogen-bond donors (Lipinski definition) is 1. The molecule has 1 heterocycles. The van der Waals surface area contributed by atoms with Crippen LogP contribution in [-0.4, -0.2) is 24.5 Å². The molecule has 2 nitrogen and oxygen atoms in total. The Labute approximate surface area is 138 Å². The first-order chi connectivity index (χ1) is 9.13. The largest absolute Gasteiger partial charge is 0.329 e. The van der Waals surface area contributed by atoms with Gasteiger partial charge in [-0.15, -0.1) is 11.3 Å². The van der Waals surface area contributed by atoms with E-state index >= 15 is 0 Å². The second kappa shape index (κ2) is 9.50. The van der Waals surface area contributed by atoms with Crippen molar-refractivity contribution >= 4 is 43.2 Å². The van der Waals surface area contributed by atoms with Crippen LogP contribution in [0, 0.1) is 0 Å². The monoisotopic (exact) mass is 410 g/mol. The molecule has 0 spiro atoms. The van der Waals surface area contributed by atoms with E-state index in [1.807, 2.05) is 0 Å². The summed E-state index contributed by atoms with van der Waals surface area (Å²) in [7, 11) is 0. The zero-order valence-corrected chi connectivity index (χ0v) is 15.8. The fourth-order valence-electron chi connectivity index (χ4n) is 2.12. The van der Waals surface area contributed by atoms with E-state index < -0.39 is 0 Å². The molecule has 0 saturated heterocycles. The van der Waals surface area contributed by atoms with Crippen LogP contribution in [0.3, 0.4) is 0 Å². The van der Waals surface area contributed by atoms with Gasteiger partial charge in [0.15, 0.2) is 0 Å². The van der Waals surface area contributed by atoms with Crippen molar-refractivity contribution in [3.63, 3.8) is 0 Å². The second-order valence-corrected chi connectivity index (χ2v) is 8.02. The summed E-state index contributed by atoms with van der Waals surface area (Å²) in [5.74, 6) is 0. The predicted octanol–water partition coefficient (Wildman–Crippen LogP) is 5.18. The second-order valence-electron chi connectivity index (χ2n) is 4.76. The van der Waals surface area contributed by atoms with Gasteiger partial charge in [-0.3, -0.25) is 4.90 Å². The molecule has 0 aliphatic carbocycles. The molecule has 5 heteroatoms. The van der Waals surface area contributed by atoms with Crippen LogP contribution in [0.5, 0.6) is 0 Å². The summed E-state index contributed by atoms with van der Waals surface area (Å²) in [4.78, 5) is 3.91. The highest BCUT2D eigenvalue weighted by molar-refractivity contribution is 9.13. The van der Waals surface area contributed by atoms with Gasteiger partial charge >= 0.3 is 0 Å². The molecule has 0 amide bonds. The number of nitrogens with two attached hydrogens (primary N) is 1. The summed E-state index contributed by atoms with van der Waals surface area (Å²) in [5.41, 5.74) is 6.04. The van der Waals surface area contributed by atoms with E-state index in [0.29, 0.717) is 12.6 Å². The molecule has 0 saturated carbocycles. The Morgan fingerprint density at radius 1 is 1.21 bits per heavy atom. The fraction of sp³-hybridized carbons (Fsp3) is 0.714. The molecule has 110 valence electrons. The number of unbranched alkanes of at least 4 members (excludes halogenated alkanes) is 2. The fourth-order valence-corrected chi connectivity index (χ4v) is 4.36. The minimum Gasteiger partial charge on any atom is -0.329 e. The summed E-state index contributed by atoms with van der Waals surface area (Å²) in [6, 6.07) is 2.56. The number of halogens is 2. The SMILES string of the molecule is CCCCN(CCCC)C(CN)c1cc(Br)c(Br)s1. The van der Waals surface area contributed by atoms with Crippen LogP contribution < -0.4 is 5.73 Å². The topological polar surface area (TPSA) is 29.3 Å². The number of hydrogen-bond acceptors (Lipinski definition) is 3. The van der Waals surface area contributed by atoms with E-state index in [1.165, 1.54) is 30.6 Å². The van der Waals surface area contributed by atoms with Crippen LogP contribution in [0.1, 0.15) is 50.4 Å². The average molecular weight is 412 g/mol. The molecule has 0 fully saturated rings. The molecule has 1 aromatic rings. The smallest absolute Gasteiger partial charge is 0.0843 e. The molecule has 1 aromatic heterocycles. The number of rotatable bonds is 9. The van der Waals surface area contributed by atoms with E-state index in [2.05, 4.69) is 56.7 Å². The van der Waals surface area contributed by atoms with Crippen molar-refractivity contribution in [1.82, 2.24) is 4.90 Å². The van der Waals surface area contributed by atoms with Crippen molar-refractivity contribution in [2.24, 2.45) is 5.73 Å². The minimum atomic E-state index is 0.352. The van der Waals surface area contributed by atoms with Crippen molar-refractivity contribution in [1.29, 1.82) is 0 Å². The third-order valence-electron chi connectivity index (χ3n) is 3.25. The number of thiophene rings is 1. The van der Waals surface area contributed by atoms with Gasteiger partial charge < -0.3 is 5.73 Å². The molecule has 0 aliphatic rings. The molecular weight excluding hydrogens is 388 g/mol. The number of nitrogens with zero attached hydrogens (tertiary/aromatic N) is 1. The lowest BCUT2D eigenvalue weighted by molar-refractivity contribution is 0.198. The van der Waals surface area contributed by atoms with Crippen molar-refractivity contribution in [2.45, 2.75) is 45.6 Å². The Hall–Kier alpha value is 0.580. The molecule has 0 aliphatic heterocycles. The highest BCUT2D eigenvalue weighted by Gasteiger charge is 2.21. The summed E-state index contributed by atoms with van der Waals surface area (Å²) in [5, 5.41) is 0. The Kier molecular flexibility index (Phi) is 8.82. The van der Waals surface area contributed by atoms with Gasteiger partial charge in [0.1, 0.15) is 0 Å². The highest BCUT2D eigenvalue weighted by Crippen LogP contribution is 2.37. The van der Waals surface area contributed by atoms with Crippen molar-refractivity contribution in [3.05, 3.63) is 19.2 Å². The average Bonchev–Trinajstić information content (AvgIpc) is 2.72. The predicted molar refractivity (Wildman–Crippen MR) is 92.9 cm³/mol. The van der Waals surface area contributed by atoms with Crippen molar-refractivity contribution in [3.8, 4) is 0 Å². The van der Waals surface area contributed by atoms with E-state index in [0.717, 1.165) is 21.3 Å². The van der Waals surface area contributed by atoms with Gasteiger partial charge in [0.05, 0.1) is 9.83 Å². The first-order valence-electron chi connectivity index (χ1n) is 7.02. The van der Waals surface area contributed by atoms with Crippen LogP contribution in [0.4, 0.5) is 0 Å². The third kappa shape index (κ3) is 5.46. The zero-order chi connectivity index (χ0) is 14.3. The van der Waals surface area contributed by atoms with Gasteiger partial charge in [-0.25, -0.2) is 0 Å². The molecule has 0 radical (unpaired) electrons. The first kappa shape index (κ1) is 17.6. The van der Waals surface area contributed by atoms with E-state index in [1.54, 1.807) is 11.3 Å². The van der Waals surface area contributed by atoms with E-state index in [9.17, 15) is 0 Å². The first-order valence-corrected chi connectivity index (χ1v) is 9.43. The molecule has 0 aromatic carbocycles. The normalized spacial score (nSPS) is 13.2. The Bertz CT molecular complexity index is 341. The molecule has 1 unspecified atom stereocenters. The van der Waals surface area contributed by atoms with Crippen LogP contribution in [-0.2, 0) is 0 Å². The maximum absolute atomic E-state index is 6.04. The lowest BCUT2D eigenvalue weighted by Gasteiger charge is -2.30.